The molecule has 2 aliphatic heterocycles. The predicted octanol–water partition coefficient (Wildman–Crippen LogP) is 2.71. The third-order valence-electron chi connectivity index (χ3n) is 4.94. The molecule has 0 N–H and O–H groups in total. The number of aromatic nitrogens is 1. The number of ether oxygens (including phenoxy) is 1. The molecular weight excluding hydrogens is 268 g/mol. The summed E-state index contributed by atoms with van der Waals surface area (Å²) in [5.74, 6) is 1.28. The van der Waals surface area contributed by atoms with E-state index in [0.29, 0.717) is 29.5 Å². The monoisotopic (exact) mass is 292 g/mol. The highest BCUT2D eigenvalue weighted by molar-refractivity contribution is 5.96. The summed E-state index contributed by atoms with van der Waals surface area (Å²) in [5.41, 5.74) is 1.18. The first-order chi connectivity index (χ1) is 10.0. The molecular formula is C16H24N2O3. The lowest BCUT2D eigenvalue weighted by molar-refractivity contribution is -0.0450. The minimum absolute atomic E-state index is 0.0360. The van der Waals surface area contributed by atoms with Crippen LogP contribution in [-0.4, -0.2) is 41.3 Å². The number of amides is 1. The molecule has 116 valence electrons. The van der Waals surface area contributed by atoms with Gasteiger partial charge in [-0.15, -0.1) is 0 Å². The van der Waals surface area contributed by atoms with Crippen molar-refractivity contribution in [3.05, 3.63) is 17.0 Å². The van der Waals surface area contributed by atoms with E-state index in [-0.39, 0.29) is 11.5 Å². The van der Waals surface area contributed by atoms with Gasteiger partial charge in [-0.2, -0.15) is 0 Å². The van der Waals surface area contributed by atoms with Gasteiger partial charge < -0.3 is 14.2 Å². The highest BCUT2D eigenvalue weighted by atomic mass is 16.5. The predicted molar refractivity (Wildman–Crippen MR) is 78.2 cm³/mol. The van der Waals surface area contributed by atoms with Crippen LogP contribution in [0.4, 0.5) is 0 Å². The molecule has 0 radical (unpaired) electrons. The topological polar surface area (TPSA) is 55.6 Å². The molecule has 5 heteroatoms. The second kappa shape index (κ2) is 5.44. The average Bonchev–Trinajstić information content (AvgIpc) is 3.02. The summed E-state index contributed by atoms with van der Waals surface area (Å²) in [5, 5.41) is 3.89. The van der Waals surface area contributed by atoms with Gasteiger partial charge in [-0.25, -0.2) is 0 Å². The minimum Gasteiger partial charge on any atom is -0.373 e. The van der Waals surface area contributed by atoms with Gasteiger partial charge in [0, 0.05) is 13.1 Å². The molecule has 21 heavy (non-hydrogen) atoms. The molecule has 5 nitrogen and oxygen atoms in total. The molecule has 2 saturated heterocycles. The molecule has 2 atom stereocenters. The van der Waals surface area contributed by atoms with E-state index in [4.69, 9.17) is 9.26 Å². The van der Waals surface area contributed by atoms with Crippen LogP contribution in [0.5, 0.6) is 0 Å². The standard InChI is InChI=1S/C16H24N2O3/c1-4-13-8-16(20-9-13)6-5-7-18(10-16)15(19)14-11(2)17-21-12(14)3/h13H,4-10H2,1-3H3/t13-,16-/m0/s1. The maximum absolute atomic E-state index is 12.8. The van der Waals surface area contributed by atoms with Crippen LogP contribution in [0.15, 0.2) is 4.52 Å². The molecule has 3 heterocycles. The van der Waals surface area contributed by atoms with Crippen molar-refractivity contribution in [1.29, 1.82) is 0 Å². The number of piperidine rings is 1. The van der Waals surface area contributed by atoms with Gasteiger partial charge in [-0.1, -0.05) is 18.5 Å². The van der Waals surface area contributed by atoms with Crippen LogP contribution >= 0.6 is 0 Å². The second-order valence-electron chi connectivity index (χ2n) is 6.50. The molecule has 1 aromatic heterocycles. The van der Waals surface area contributed by atoms with Crippen molar-refractivity contribution in [2.45, 2.75) is 52.1 Å². The van der Waals surface area contributed by atoms with E-state index in [1.54, 1.807) is 6.92 Å². The van der Waals surface area contributed by atoms with Crippen molar-refractivity contribution in [3.8, 4) is 0 Å². The Labute approximate surface area is 125 Å². The fourth-order valence-corrected chi connectivity index (χ4v) is 3.70. The Morgan fingerprint density at radius 1 is 1.48 bits per heavy atom. The van der Waals surface area contributed by atoms with Crippen molar-refractivity contribution in [1.82, 2.24) is 10.1 Å². The lowest BCUT2D eigenvalue weighted by Gasteiger charge is -2.39. The fraction of sp³-hybridized carbons (Fsp3) is 0.750. The Morgan fingerprint density at radius 2 is 2.29 bits per heavy atom. The SMILES string of the molecule is CC[C@@H]1CO[C@@]2(CCCN(C(=O)c3c(C)noc3C)C2)C1. The molecule has 2 fully saturated rings. The number of likely N-dealkylation sites (tertiary alicyclic amines) is 1. The number of hydrogen-bond acceptors (Lipinski definition) is 4. The Bertz CT molecular complexity index is 520. The molecule has 2 aliphatic rings. The molecule has 3 rings (SSSR count). The molecule has 1 amide bonds. The number of hydrogen-bond donors (Lipinski definition) is 0. The Kier molecular flexibility index (Phi) is 3.78. The van der Waals surface area contributed by atoms with Crippen LogP contribution < -0.4 is 0 Å². The van der Waals surface area contributed by atoms with E-state index >= 15 is 0 Å². The number of aryl methyl sites for hydroxylation is 2. The van der Waals surface area contributed by atoms with Crippen LogP contribution in [0, 0.1) is 19.8 Å². The quantitative estimate of drug-likeness (QED) is 0.841. The summed E-state index contributed by atoms with van der Waals surface area (Å²) >= 11 is 0. The van der Waals surface area contributed by atoms with Gasteiger partial charge in [-0.05, 0) is 39.0 Å². The largest absolute Gasteiger partial charge is 0.373 e. The van der Waals surface area contributed by atoms with Gasteiger partial charge in [0.25, 0.3) is 5.91 Å². The highest BCUT2D eigenvalue weighted by Gasteiger charge is 2.44. The summed E-state index contributed by atoms with van der Waals surface area (Å²) in [6, 6.07) is 0. The van der Waals surface area contributed by atoms with E-state index in [0.717, 1.165) is 38.8 Å². The minimum atomic E-state index is -0.117. The second-order valence-corrected chi connectivity index (χ2v) is 6.50. The normalized spacial score (nSPS) is 29.3. The molecule has 0 unspecified atom stereocenters. The molecule has 1 aromatic rings. The van der Waals surface area contributed by atoms with Gasteiger partial charge in [0.05, 0.1) is 17.9 Å². The summed E-state index contributed by atoms with van der Waals surface area (Å²) < 4.78 is 11.2. The van der Waals surface area contributed by atoms with E-state index in [1.807, 2.05) is 11.8 Å². The first kappa shape index (κ1) is 14.6. The smallest absolute Gasteiger partial charge is 0.259 e. The van der Waals surface area contributed by atoms with Crippen molar-refractivity contribution < 1.29 is 14.1 Å². The first-order valence-electron chi connectivity index (χ1n) is 7.91. The van der Waals surface area contributed by atoms with Crippen LogP contribution in [-0.2, 0) is 4.74 Å². The number of carbonyl (C=O) groups is 1. The zero-order chi connectivity index (χ0) is 15.0. The maximum atomic E-state index is 12.8. The van der Waals surface area contributed by atoms with Crippen molar-refractivity contribution in [2.75, 3.05) is 19.7 Å². The third-order valence-corrected chi connectivity index (χ3v) is 4.94. The van der Waals surface area contributed by atoms with Gasteiger partial charge in [0.1, 0.15) is 11.3 Å². The van der Waals surface area contributed by atoms with Crippen LogP contribution in [0.25, 0.3) is 0 Å². The Hall–Kier alpha value is -1.36. The zero-order valence-corrected chi connectivity index (χ0v) is 13.1. The zero-order valence-electron chi connectivity index (χ0n) is 13.1. The number of nitrogens with zero attached hydrogens (tertiary/aromatic N) is 2. The van der Waals surface area contributed by atoms with E-state index < -0.39 is 0 Å². The van der Waals surface area contributed by atoms with Gasteiger partial charge in [0.15, 0.2) is 0 Å². The maximum Gasteiger partial charge on any atom is 0.259 e. The molecule has 0 bridgehead atoms. The lowest BCUT2D eigenvalue weighted by atomic mass is 9.85. The van der Waals surface area contributed by atoms with E-state index in [2.05, 4.69) is 12.1 Å². The molecule has 0 saturated carbocycles. The van der Waals surface area contributed by atoms with Crippen molar-refractivity contribution >= 4 is 5.91 Å². The Balaban J connectivity index is 1.76. The Morgan fingerprint density at radius 3 is 2.90 bits per heavy atom. The molecule has 0 aliphatic carbocycles. The summed E-state index contributed by atoms with van der Waals surface area (Å²) in [6.07, 6.45) is 4.30. The van der Waals surface area contributed by atoms with Gasteiger partial charge in [0.2, 0.25) is 0 Å². The highest BCUT2D eigenvalue weighted by Crippen LogP contribution is 2.39. The third kappa shape index (κ3) is 2.59. The van der Waals surface area contributed by atoms with Gasteiger partial charge >= 0.3 is 0 Å². The fourth-order valence-electron chi connectivity index (χ4n) is 3.70. The van der Waals surface area contributed by atoms with Crippen LogP contribution in [0.1, 0.15) is 54.4 Å². The lowest BCUT2D eigenvalue weighted by Crippen LogP contribution is -2.50. The molecule has 1 spiro atoms. The van der Waals surface area contributed by atoms with Crippen LogP contribution in [0.3, 0.4) is 0 Å². The summed E-state index contributed by atoms with van der Waals surface area (Å²) in [6.45, 7) is 8.17. The summed E-state index contributed by atoms with van der Waals surface area (Å²) in [7, 11) is 0. The first-order valence-corrected chi connectivity index (χ1v) is 7.91. The number of carbonyl (C=O) groups excluding carboxylic acids is 1. The van der Waals surface area contributed by atoms with E-state index in [9.17, 15) is 4.79 Å². The summed E-state index contributed by atoms with van der Waals surface area (Å²) in [4.78, 5) is 14.7. The average molecular weight is 292 g/mol. The van der Waals surface area contributed by atoms with E-state index in [1.165, 1.54) is 0 Å². The van der Waals surface area contributed by atoms with Gasteiger partial charge in [-0.3, -0.25) is 4.79 Å². The van der Waals surface area contributed by atoms with Crippen molar-refractivity contribution in [3.63, 3.8) is 0 Å². The van der Waals surface area contributed by atoms with Crippen molar-refractivity contribution in [2.24, 2.45) is 5.92 Å². The van der Waals surface area contributed by atoms with Crippen LogP contribution in [0.2, 0.25) is 0 Å². The molecule has 0 aromatic carbocycles. The number of rotatable bonds is 2.